The SMILES string of the molecule is CCC(CC)C(O)CNC(=O)NCc1sc(C)nc1C. The van der Waals surface area contributed by atoms with Crippen molar-refractivity contribution in [2.24, 2.45) is 5.92 Å². The summed E-state index contributed by atoms with van der Waals surface area (Å²) in [4.78, 5) is 17.1. The minimum absolute atomic E-state index is 0.238. The van der Waals surface area contributed by atoms with E-state index in [9.17, 15) is 9.90 Å². The fraction of sp³-hybridized carbons (Fsp3) is 0.714. The van der Waals surface area contributed by atoms with Crippen LogP contribution in [0.3, 0.4) is 0 Å². The van der Waals surface area contributed by atoms with Crippen molar-refractivity contribution >= 4 is 17.4 Å². The molecule has 0 aromatic carbocycles. The number of nitrogens with zero attached hydrogens (tertiary/aromatic N) is 1. The van der Waals surface area contributed by atoms with E-state index in [1.165, 1.54) is 0 Å². The van der Waals surface area contributed by atoms with Gasteiger partial charge in [-0.1, -0.05) is 26.7 Å². The fourth-order valence-corrected chi connectivity index (χ4v) is 3.03. The van der Waals surface area contributed by atoms with Crippen LogP contribution in [-0.4, -0.2) is 28.8 Å². The highest BCUT2D eigenvalue weighted by Gasteiger charge is 2.16. The summed E-state index contributed by atoms with van der Waals surface area (Å²) in [5, 5.41) is 16.4. The topological polar surface area (TPSA) is 74.2 Å². The Bertz CT molecular complexity index is 430. The third-order valence-electron chi connectivity index (χ3n) is 3.47. The van der Waals surface area contributed by atoms with Crippen LogP contribution in [0.25, 0.3) is 0 Å². The maximum absolute atomic E-state index is 11.7. The van der Waals surface area contributed by atoms with E-state index in [2.05, 4.69) is 15.6 Å². The molecule has 6 heteroatoms. The molecule has 3 N–H and O–H groups in total. The van der Waals surface area contributed by atoms with Crippen molar-refractivity contribution in [1.29, 1.82) is 0 Å². The van der Waals surface area contributed by atoms with Crippen LogP contribution in [0.1, 0.15) is 42.3 Å². The zero-order chi connectivity index (χ0) is 15.1. The molecule has 0 aliphatic carbocycles. The Hall–Kier alpha value is -1.14. The predicted octanol–water partition coefficient (Wildman–Crippen LogP) is 2.36. The molecule has 0 radical (unpaired) electrons. The summed E-state index contributed by atoms with van der Waals surface area (Å²) in [5.41, 5.74) is 0.963. The summed E-state index contributed by atoms with van der Waals surface area (Å²) in [6.07, 6.45) is 1.35. The molecule has 1 rings (SSSR count). The first-order valence-electron chi connectivity index (χ1n) is 7.10. The summed E-state index contributed by atoms with van der Waals surface area (Å²) in [5.74, 6) is 0.238. The van der Waals surface area contributed by atoms with Crippen molar-refractivity contribution in [2.45, 2.75) is 53.2 Å². The van der Waals surface area contributed by atoms with E-state index in [0.29, 0.717) is 13.1 Å². The molecule has 1 aromatic heterocycles. The molecule has 1 unspecified atom stereocenters. The van der Waals surface area contributed by atoms with Gasteiger partial charge < -0.3 is 15.7 Å². The summed E-state index contributed by atoms with van der Waals surface area (Å²) in [7, 11) is 0. The van der Waals surface area contributed by atoms with Gasteiger partial charge in [-0.25, -0.2) is 9.78 Å². The van der Waals surface area contributed by atoms with Crippen molar-refractivity contribution in [2.75, 3.05) is 6.54 Å². The van der Waals surface area contributed by atoms with Crippen molar-refractivity contribution in [1.82, 2.24) is 15.6 Å². The molecule has 114 valence electrons. The molecule has 1 heterocycles. The second-order valence-electron chi connectivity index (χ2n) is 4.95. The average molecular weight is 299 g/mol. The van der Waals surface area contributed by atoms with E-state index in [-0.39, 0.29) is 11.9 Å². The van der Waals surface area contributed by atoms with Gasteiger partial charge in [0.1, 0.15) is 0 Å². The van der Waals surface area contributed by atoms with Gasteiger partial charge in [0.25, 0.3) is 0 Å². The quantitative estimate of drug-likeness (QED) is 0.723. The lowest BCUT2D eigenvalue weighted by molar-refractivity contribution is 0.103. The van der Waals surface area contributed by atoms with Crippen molar-refractivity contribution < 1.29 is 9.90 Å². The molecule has 0 bridgehead atoms. The number of rotatable bonds is 7. The van der Waals surface area contributed by atoms with E-state index in [4.69, 9.17) is 0 Å². The highest BCUT2D eigenvalue weighted by molar-refractivity contribution is 7.11. The van der Waals surface area contributed by atoms with E-state index < -0.39 is 6.10 Å². The minimum atomic E-state index is -0.483. The Morgan fingerprint density at radius 1 is 1.30 bits per heavy atom. The maximum Gasteiger partial charge on any atom is 0.315 e. The number of hydrogen-bond acceptors (Lipinski definition) is 4. The minimum Gasteiger partial charge on any atom is -0.391 e. The molecule has 1 atom stereocenters. The number of urea groups is 1. The van der Waals surface area contributed by atoms with Gasteiger partial charge in [0.2, 0.25) is 0 Å². The normalized spacial score (nSPS) is 12.5. The van der Waals surface area contributed by atoms with Gasteiger partial charge in [0, 0.05) is 11.4 Å². The third kappa shape index (κ3) is 5.09. The van der Waals surface area contributed by atoms with Crippen LogP contribution in [0, 0.1) is 19.8 Å². The number of hydrogen-bond donors (Lipinski definition) is 3. The highest BCUT2D eigenvalue weighted by atomic mass is 32.1. The van der Waals surface area contributed by atoms with Crippen LogP contribution in [-0.2, 0) is 6.54 Å². The lowest BCUT2D eigenvalue weighted by Gasteiger charge is -2.20. The van der Waals surface area contributed by atoms with Crippen molar-refractivity contribution in [3.05, 3.63) is 15.6 Å². The Morgan fingerprint density at radius 2 is 1.95 bits per heavy atom. The Labute approximate surface area is 124 Å². The Balaban J connectivity index is 2.32. The molecule has 0 saturated heterocycles. The molecule has 20 heavy (non-hydrogen) atoms. The first kappa shape index (κ1) is 16.9. The second-order valence-corrected chi connectivity index (χ2v) is 6.24. The van der Waals surface area contributed by atoms with E-state index in [1.807, 2.05) is 27.7 Å². The third-order valence-corrected chi connectivity index (χ3v) is 4.55. The van der Waals surface area contributed by atoms with Crippen molar-refractivity contribution in [3.8, 4) is 0 Å². The number of thiazole rings is 1. The first-order valence-corrected chi connectivity index (χ1v) is 7.92. The molecular weight excluding hydrogens is 274 g/mol. The fourth-order valence-electron chi connectivity index (χ4n) is 2.16. The second kappa shape index (κ2) is 8.21. The number of carbonyl (C=O) groups is 1. The monoisotopic (exact) mass is 299 g/mol. The molecular formula is C14H25N3O2S. The highest BCUT2D eigenvalue weighted by Crippen LogP contribution is 2.16. The van der Waals surface area contributed by atoms with Crippen LogP contribution in [0.2, 0.25) is 0 Å². The summed E-state index contributed by atoms with van der Waals surface area (Å²) in [6.45, 7) is 8.75. The van der Waals surface area contributed by atoms with Gasteiger partial charge in [0.05, 0.1) is 23.4 Å². The number of aliphatic hydroxyl groups excluding tert-OH is 1. The van der Waals surface area contributed by atoms with Crippen LogP contribution in [0.5, 0.6) is 0 Å². The van der Waals surface area contributed by atoms with E-state index in [0.717, 1.165) is 28.4 Å². The largest absolute Gasteiger partial charge is 0.391 e. The van der Waals surface area contributed by atoms with Crippen LogP contribution in [0.15, 0.2) is 0 Å². The van der Waals surface area contributed by atoms with Gasteiger partial charge in [0.15, 0.2) is 0 Å². The molecule has 0 aliphatic rings. The summed E-state index contributed by atoms with van der Waals surface area (Å²) < 4.78 is 0. The van der Waals surface area contributed by atoms with Gasteiger partial charge in [-0.15, -0.1) is 11.3 Å². The number of aliphatic hydroxyl groups is 1. The van der Waals surface area contributed by atoms with Gasteiger partial charge in [-0.2, -0.15) is 0 Å². The smallest absolute Gasteiger partial charge is 0.315 e. The van der Waals surface area contributed by atoms with E-state index in [1.54, 1.807) is 11.3 Å². The molecule has 0 saturated carbocycles. The molecule has 0 fully saturated rings. The predicted molar refractivity (Wildman–Crippen MR) is 81.9 cm³/mol. The number of aryl methyl sites for hydroxylation is 2. The van der Waals surface area contributed by atoms with Gasteiger partial charge in [-0.3, -0.25) is 0 Å². The van der Waals surface area contributed by atoms with Crippen LogP contribution in [0.4, 0.5) is 4.79 Å². The molecule has 2 amide bonds. The number of nitrogens with one attached hydrogen (secondary N) is 2. The Morgan fingerprint density at radius 3 is 2.45 bits per heavy atom. The first-order chi connectivity index (χ1) is 9.47. The number of aromatic nitrogens is 1. The standard InChI is InChI=1S/C14H25N3O2S/c1-5-11(6-2)12(18)7-15-14(19)16-8-13-9(3)17-10(4)20-13/h11-12,18H,5-8H2,1-4H3,(H2,15,16,19). The number of amides is 2. The van der Waals surface area contributed by atoms with Gasteiger partial charge >= 0.3 is 6.03 Å². The van der Waals surface area contributed by atoms with Crippen LogP contribution >= 0.6 is 11.3 Å². The summed E-state index contributed by atoms with van der Waals surface area (Å²) >= 11 is 1.59. The molecule has 0 aliphatic heterocycles. The lowest BCUT2D eigenvalue weighted by Crippen LogP contribution is -2.41. The molecule has 1 aromatic rings. The zero-order valence-corrected chi connectivity index (χ0v) is 13.5. The Kier molecular flexibility index (Phi) is 6.95. The maximum atomic E-state index is 11.7. The van der Waals surface area contributed by atoms with Crippen LogP contribution < -0.4 is 10.6 Å². The van der Waals surface area contributed by atoms with Crippen molar-refractivity contribution in [3.63, 3.8) is 0 Å². The molecule has 0 spiro atoms. The van der Waals surface area contributed by atoms with E-state index >= 15 is 0 Å². The van der Waals surface area contributed by atoms with Gasteiger partial charge in [-0.05, 0) is 19.8 Å². The molecule has 5 nitrogen and oxygen atoms in total. The lowest BCUT2D eigenvalue weighted by atomic mass is 9.97. The summed E-state index contributed by atoms with van der Waals surface area (Å²) in [6, 6.07) is -0.250. The number of carbonyl (C=O) groups excluding carboxylic acids is 1. The zero-order valence-electron chi connectivity index (χ0n) is 12.7. The average Bonchev–Trinajstić information content (AvgIpc) is 2.73.